The molecule has 0 aliphatic rings. The molecule has 1 aromatic heterocycles. The number of nitrogens with two attached hydrogens (primary N) is 1. The van der Waals surface area contributed by atoms with Crippen LogP contribution in [0.25, 0.3) is 0 Å². The second-order valence-corrected chi connectivity index (χ2v) is 4.04. The third kappa shape index (κ3) is 1.89. The molecule has 0 radical (unpaired) electrons. The zero-order valence-electron chi connectivity index (χ0n) is 5.25. The minimum absolute atomic E-state index is 0.0285. The molecule has 1 atom stereocenters. The van der Waals surface area contributed by atoms with E-state index in [9.17, 15) is 0 Å². The fraction of sp³-hybridized carbons (Fsp3) is 0.333. The van der Waals surface area contributed by atoms with Crippen LogP contribution in [0.15, 0.2) is 12.1 Å². The van der Waals surface area contributed by atoms with Crippen LogP contribution in [0.1, 0.15) is 10.9 Å². The van der Waals surface area contributed by atoms with Gasteiger partial charge in [0, 0.05) is 16.7 Å². The summed E-state index contributed by atoms with van der Waals surface area (Å²) in [4.78, 5) is 1.10. The van der Waals surface area contributed by atoms with E-state index >= 15 is 0 Å². The summed E-state index contributed by atoms with van der Waals surface area (Å²) in [6.45, 7) is 0. The van der Waals surface area contributed by atoms with Gasteiger partial charge >= 0.3 is 0 Å². The average molecular weight is 194 g/mol. The van der Waals surface area contributed by atoms with Crippen LogP contribution < -0.4 is 5.73 Å². The van der Waals surface area contributed by atoms with Crippen molar-refractivity contribution < 1.29 is 0 Å². The van der Waals surface area contributed by atoms with Crippen LogP contribution in [-0.4, -0.2) is 5.75 Å². The zero-order chi connectivity index (χ0) is 7.56. The maximum atomic E-state index is 5.70. The van der Waals surface area contributed by atoms with Gasteiger partial charge in [0.2, 0.25) is 0 Å². The van der Waals surface area contributed by atoms with Crippen molar-refractivity contribution in [3.05, 3.63) is 21.3 Å². The topological polar surface area (TPSA) is 26.0 Å². The molecule has 56 valence electrons. The van der Waals surface area contributed by atoms with Gasteiger partial charge in [-0.2, -0.15) is 12.6 Å². The molecule has 0 aliphatic heterocycles. The summed E-state index contributed by atoms with van der Waals surface area (Å²) < 4.78 is 0.784. The predicted molar refractivity (Wildman–Crippen MR) is 50.1 cm³/mol. The molecule has 1 heterocycles. The standard InChI is InChI=1S/C6H8ClNS2/c7-6-2-1-5(10-6)4(8)3-9/h1-2,4,9H,3,8H2. The quantitative estimate of drug-likeness (QED) is 0.693. The van der Waals surface area contributed by atoms with E-state index < -0.39 is 0 Å². The van der Waals surface area contributed by atoms with Crippen molar-refractivity contribution in [2.75, 3.05) is 5.75 Å². The van der Waals surface area contributed by atoms with Crippen molar-refractivity contribution in [3.63, 3.8) is 0 Å². The number of thiol groups is 1. The summed E-state index contributed by atoms with van der Waals surface area (Å²) in [6.07, 6.45) is 0. The van der Waals surface area contributed by atoms with E-state index in [0.29, 0.717) is 5.75 Å². The Labute approximate surface area is 74.6 Å². The van der Waals surface area contributed by atoms with Crippen molar-refractivity contribution in [1.82, 2.24) is 0 Å². The molecule has 0 spiro atoms. The number of hydrogen-bond acceptors (Lipinski definition) is 3. The molecule has 0 aromatic carbocycles. The first-order chi connectivity index (χ1) is 4.74. The van der Waals surface area contributed by atoms with E-state index in [1.807, 2.05) is 12.1 Å². The predicted octanol–water partition coefficient (Wildman–Crippen LogP) is 2.33. The number of thiophene rings is 1. The van der Waals surface area contributed by atoms with Crippen LogP contribution >= 0.6 is 35.6 Å². The van der Waals surface area contributed by atoms with E-state index in [4.69, 9.17) is 17.3 Å². The molecule has 1 nitrogen and oxygen atoms in total. The van der Waals surface area contributed by atoms with Crippen LogP contribution in [0.5, 0.6) is 0 Å². The maximum absolute atomic E-state index is 5.70. The molecule has 1 aromatic rings. The summed E-state index contributed by atoms with van der Waals surface area (Å²) in [5.74, 6) is 0.664. The zero-order valence-corrected chi connectivity index (χ0v) is 7.72. The second kappa shape index (κ2) is 3.62. The third-order valence-electron chi connectivity index (χ3n) is 1.16. The summed E-state index contributed by atoms with van der Waals surface area (Å²) >= 11 is 11.3. The highest BCUT2D eigenvalue weighted by Gasteiger charge is 2.05. The van der Waals surface area contributed by atoms with E-state index in [2.05, 4.69) is 12.6 Å². The molecule has 1 rings (SSSR count). The van der Waals surface area contributed by atoms with Gasteiger partial charge in [-0.25, -0.2) is 0 Å². The molecular formula is C6H8ClNS2. The summed E-state index contributed by atoms with van der Waals surface area (Å²) in [6, 6.07) is 3.82. The van der Waals surface area contributed by atoms with Gasteiger partial charge in [-0.15, -0.1) is 11.3 Å². The Morgan fingerprint density at radius 2 is 2.40 bits per heavy atom. The van der Waals surface area contributed by atoms with Gasteiger partial charge in [-0.05, 0) is 12.1 Å². The Bertz CT molecular complexity index is 211. The van der Waals surface area contributed by atoms with Crippen molar-refractivity contribution in [3.8, 4) is 0 Å². The van der Waals surface area contributed by atoms with Crippen LogP contribution in [0, 0.1) is 0 Å². The molecule has 4 heteroatoms. The number of halogens is 1. The highest BCUT2D eigenvalue weighted by atomic mass is 35.5. The minimum Gasteiger partial charge on any atom is -0.323 e. The first-order valence-corrected chi connectivity index (χ1v) is 4.68. The molecule has 0 amide bonds. The molecule has 0 saturated heterocycles. The SMILES string of the molecule is NC(CS)c1ccc(Cl)s1. The summed E-state index contributed by atoms with van der Waals surface area (Å²) in [5, 5.41) is 0. The normalized spacial score (nSPS) is 13.5. The van der Waals surface area contributed by atoms with Gasteiger partial charge in [-0.3, -0.25) is 0 Å². The summed E-state index contributed by atoms with van der Waals surface area (Å²) in [7, 11) is 0. The van der Waals surface area contributed by atoms with E-state index in [-0.39, 0.29) is 6.04 Å². The monoisotopic (exact) mass is 193 g/mol. The first kappa shape index (κ1) is 8.40. The van der Waals surface area contributed by atoms with Gasteiger partial charge in [0.05, 0.1) is 4.34 Å². The van der Waals surface area contributed by atoms with Crippen molar-refractivity contribution in [2.45, 2.75) is 6.04 Å². The van der Waals surface area contributed by atoms with Crippen molar-refractivity contribution in [1.29, 1.82) is 0 Å². The van der Waals surface area contributed by atoms with Crippen molar-refractivity contribution in [2.24, 2.45) is 5.73 Å². The minimum atomic E-state index is 0.0285. The van der Waals surface area contributed by atoms with Gasteiger partial charge < -0.3 is 5.73 Å². The fourth-order valence-corrected chi connectivity index (χ4v) is 2.00. The Morgan fingerprint density at radius 1 is 1.70 bits per heavy atom. The van der Waals surface area contributed by atoms with Crippen LogP contribution in [0.3, 0.4) is 0 Å². The van der Waals surface area contributed by atoms with Gasteiger partial charge in [-0.1, -0.05) is 11.6 Å². The fourth-order valence-electron chi connectivity index (χ4n) is 0.618. The van der Waals surface area contributed by atoms with Crippen molar-refractivity contribution >= 4 is 35.6 Å². The molecule has 0 bridgehead atoms. The van der Waals surface area contributed by atoms with Gasteiger partial charge in [0.25, 0.3) is 0 Å². The Morgan fingerprint density at radius 3 is 2.80 bits per heavy atom. The van der Waals surface area contributed by atoms with E-state index in [1.54, 1.807) is 0 Å². The lowest BCUT2D eigenvalue weighted by atomic mass is 10.3. The highest BCUT2D eigenvalue weighted by Crippen LogP contribution is 2.25. The lowest BCUT2D eigenvalue weighted by Crippen LogP contribution is -2.09. The average Bonchev–Trinajstić information content (AvgIpc) is 2.34. The van der Waals surface area contributed by atoms with Crippen LogP contribution in [-0.2, 0) is 0 Å². The largest absolute Gasteiger partial charge is 0.323 e. The molecule has 2 N–H and O–H groups in total. The van der Waals surface area contributed by atoms with E-state index in [1.165, 1.54) is 11.3 Å². The molecule has 10 heavy (non-hydrogen) atoms. The number of rotatable bonds is 2. The molecular weight excluding hydrogens is 186 g/mol. The Kier molecular flexibility index (Phi) is 3.04. The first-order valence-electron chi connectivity index (χ1n) is 2.85. The molecule has 1 unspecified atom stereocenters. The summed E-state index contributed by atoms with van der Waals surface area (Å²) in [5.41, 5.74) is 5.68. The maximum Gasteiger partial charge on any atom is 0.0931 e. The molecule has 0 aliphatic carbocycles. The Balaban J connectivity index is 2.74. The third-order valence-corrected chi connectivity index (χ3v) is 2.91. The van der Waals surface area contributed by atoms with Gasteiger partial charge in [0.1, 0.15) is 0 Å². The van der Waals surface area contributed by atoms with Crippen LogP contribution in [0.4, 0.5) is 0 Å². The second-order valence-electron chi connectivity index (χ2n) is 1.93. The van der Waals surface area contributed by atoms with Gasteiger partial charge in [0.15, 0.2) is 0 Å². The lowest BCUT2D eigenvalue weighted by Gasteiger charge is -2.02. The Hall–Kier alpha value is 0.300. The highest BCUT2D eigenvalue weighted by molar-refractivity contribution is 7.80. The number of hydrogen-bond donors (Lipinski definition) is 2. The van der Waals surface area contributed by atoms with Crippen LogP contribution in [0.2, 0.25) is 4.34 Å². The smallest absolute Gasteiger partial charge is 0.0931 e. The molecule has 0 saturated carbocycles. The lowest BCUT2D eigenvalue weighted by molar-refractivity contribution is 0.855. The molecule has 0 fully saturated rings. The van der Waals surface area contributed by atoms with E-state index in [0.717, 1.165) is 9.21 Å².